The van der Waals surface area contributed by atoms with Gasteiger partial charge in [-0.25, -0.2) is 4.98 Å². The highest BCUT2D eigenvalue weighted by molar-refractivity contribution is 5.90. The lowest BCUT2D eigenvalue weighted by Crippen LogP contribution is -2.15. The zero-order valence-electron chi connectivity index (χ0n) is 22.1. The molecule has 1 aromatic heterocycles. The van der Waals surface area contributed by atoms with E-state index in [4.69, 9.17) is 4.99 Å². The van der Waals surface area contributed by atoms with E-state index in [1.807, 2.05) is 13.1 Å². The van der Waals surface area contributed by atoms with E-state index in [0.717, 1.165) is 23.6 Å². The number of hydrogen-bond donors (Lipinski definition) is 2. The number of aromatic amines is 1. The largest absolute Gasteiger partial charge is 0.342 e. The van der Waals surface area contributed by atoms with Crippen LogP contribution in [0, 0.1) is 18.8 Å². The zero-order chi connectivity index (χ0) is 25.3. The van der Waals surface area contributed by atoms with Gasteiger partial charge in [-0.15, -0.1) is 0 Å². The van der Waals surface area contributed by atoms with E-state index < -0.39 is 0 Å². The minimum Gasteiger partial charge on any atom is -0.342 e. The van der Waals surface area contributed by atoms with Crippen molar-refractivity contribution in [3.05, 3.63) is 83.3 Å². The van der Waals surface area contributed by atoms with Gasteiger partial charge in [0.1, 0.15) is 5.82 Å². The Morgan fingerprint density at radius 2 is 1.62 bits per heavy atom. The number of nitrogens with one attached hydrogen (secondary N) is 2. The zero-order valence-corrected chi connectivity index (χ0v) is 22.1. The Balaban J connectivity index is 1.34. The summed E-state index contributed by atoms with van der Waals surface area (Å²) >= 11 is 0. The fraction of sp³-hybridized carbons (Fsp3) is 0.333. The molecule has 4 atom stereocenters. The molecule has 2 bridgehead atoms. The molecule has 3 aromatic carbocycles. The van der Waals surface area contributed by atoms with Gasteiger partial charge in [0.05, 0.1) is 17.6 Å². The monoisotopic (exact) mass is 486 g/mol. The van der Waals surface area contributed by atoms with E-state index in [9.17, 15) is 0 Å². The first-order chi connectivity index (χ1) is 18.0. The summed E-state index contributed by atoms with van der Waals surface area (Å²) < 4.78 is 0. The Morgan fingerprint density at radius 1 is 0.892 bits per heavy atom. The lowest BCUT2D eigenvalue weighted by Gasteiger charge is -2.27. The molecule has 0 radical (unpaired) electrons. The minimum atomic E-state index is 0.425. The maximum Gasteiger partial charge on any atom is 0.103 e. The number of fused-ring (bicyclic) bond motifs is 6. The van der Waals surface area contributed by atoms with Gasteiger partial charge in [0, 0.05) is 17.8 Å². The van der Waals surface area contributed by atoms with Gasteiger partial charge >= 0.3 is 0 Å². The van der Waals surface area contributed by atoms with Crippen molar-refractivity contribution < 1.29 is 0 Å². The van der Waals surface area contributed by atoms with Gasteiger partial charge in [-0.1, -0.05) is 68.8 Å². The molecule has 3 aliphatic rings. The number of aliphatic imine (C=N–C) groups is 1. The fourth-order valence-electron chi connectivity index (χ4n) is 6.82. The highest BCUT2D eigenvalue weighted by Gasteiger charge is 2.45. The molecule has 0 amide bonds. The van der Waals surface area contributed by atoms with E-state index >= 15 is 0 Å². The molecule has 0 aliphatic carbocycles. The lowest BCUT2D eigenvalue weighted by molar-refractivity contribution is 0.445. The van der Waals surface area contributed by atoms with Gasteiger partial charge in [-0.2, -0.15) is 0 Å². The first-order valence-electron chi connectivity index (χ1n) is 13.7. The summed E-state index contributed by atoms with van der Waals surface area (Å²) in [5.41, 5.74) is 14.3. The third-order valence-electron chi connectivity index (χ3n) is 9.00. The van der Waals surface area contributed by atoms with Crippen molar-refractivity contribution in [2.45, 2.75) is 59.0 Å². The van der Waals surface area contributed by atoms with Crippen molar-refractivity contribution in [3.8, 4) is 33.5 Å². The van der Waals surface area contributed by atoms with Crippen LogP contribution in [0.3, 0.4) is 0 Å². The van der Waals surface area contributed by atoms with Crippen molar-refractivity contribution in [3.63, 3.8) is 0 Å². The van der Waals surface area contributed by atoms with E-state index in [1.165, 1.54) is 63.1 Å². The van der Waals surface area contributed by atoms with Crippen LogP contribution in [0.25, 0.3) is 33.5 Å². The molecule has 1 saturated heterocycles. The fourth-order valence-corrected chi connectivity index (χ4v) is 6.82. The van der Waals surface area contributed by atoms with E-state index in [1.54, 1.807) is 0 Å². The average molecular weight is 487 g/mol. The van der Waals surface area contributed by atoms with Crippen LogP contribution in [-0.2, 0) is 6.42 Å². The molecule has 37 heavy (non-hydrogen) atoms. The van der Waals surface area contributed by atoms with Gasteiger partial charge in [0.25, 0.3) is 0 Å². The molecule has 0 spiro atoms. The number of nitrogens with zero attached hydrogens (tertiary/aromatic N) is 2. The van der Waals surface area contributed by atoms with E-state index in [2.05, 4.69) is 90.7 Å². The predicted octanol–water partition coefficient (Wildman–Crippen LogP) is 8.12. The molecule has 186 valence electrons. The second-order valence-corrected chi connectivity index (χ2v) is 11.3. The minimum absolute atomic E-state index is 0.425. The molecule has 4 unspecified atom stereocenters. The Morgan fingerprint density at radius 3 is 2.35 bits per heavy atom. The Bertz CT molecular complexity index is 1540. The second kappa shape index (κ2) is 8.53. The Hall–Kier alpha value is -3.50. The first-order valence-corrected chi connectivity index (χ1v) is 13.7. The summed E-state index contributed by atoms with van der Waals surface area (Å²) in [6.07, 6.45) is 5.43. The van der Waals surface area contributed by atoms with Crippen molar-refractivity contribution in [2.75, 3.05) is 0 Å². The average Bonchev–Trinajstić information content (AvgIpc) is 3.64. The normalized spacial score (nSPS) is 23.6. The van der Waals surface area contributed by atoms with Crippen LogP contribution in [0.1, 0.15) is 68.2 Å². The summed E-state index contributed by atoms with van der Waals surface area (Å²) in [6.45, 7) is 8.77. The van der Waals surface area contributed by atoms with Crippen LogP contribution in [-0.4, -0.2) is 15.7 Å². The number of hydrogen-bond acceptors (Lipinski definition) is 3. The predicted molar refractivity (Wildman–Crippen MR) is 152 cm³/mol. The summed E-state index contributed by atoms with van der Waals surface area (Å²) in [5.74, 6) is 2.16. The van der Waals surface area contributed by atoms with Crippen molar-refractivity contribution >= 4 is 11.4 Å². The first kappa shape index (κ1) is 22.7. The van der Waals surface area contributed by atoms with Crippen LogP contribution in [0.5, 0.6) is 0 Å². The van der Waals surface area contributed by atoms with Crippen LogP contribution in [0.15, 0.2) is 65.8 Å². The summed E-state index contributed by atoms with van der Waals surface area (Å²) in [4.78, 5) is 12.7. The van der Waals surface area contributed by atoms with Crippen LogP contribution in [0.2, 0.25) is 0 Å². The summed E-state index contributed by atoms with van der Waals surface area (Å²) in [7, 11) is 0. The molecular formula is C33H34N4. The summed E-state index contributed by atoms with van der Waals surface area (Å²) in [5, 5.41) is 3.99. The van der Waals surface area contributed by atoms with Crippen molar-refractivity contribution in [2.24, 2.45) is 16.8 Å². The highest BCUT2D eigenvalue weighted by atomic mass is 15.0. The Kier molecular flexibility index (Phi) is 5.23. The number of imidazole rings is 1. The molecule has 4 aromatic rings. The lowest BCUT2D eigenvalue weighted by atomic mass is 9.76. The topological polar surface area (TPSA) is 53.1 Å². The van der Waals surface area contributed by atoms with Crippen LogP contribution < -0.4 is 5.32 Å². The van der Waals surface area contributed by atoms with Gasteiger partial charge in [0.2, 0.25) is 0 Å². The van der Waals surface area contributed by atoms with Crippen LogP contribution >= 0.6 is 0 Å². The molecular weight excluding hydrogens is 452 g/mol. The number of benzene rings is 3. The molecule has 4 heteroatoms. The molecule has 4 nitrogen and oxygen atoms in total. The SMILES string of the molecule is CCC1CC2NC1c1c(-c3ccc4c(c3)N=C(C)C(C)C4)ccc(-c3ccc(-c4cnc(C)[nH]4)cc3)c12. The van der Waals surface area contributed by atoms with Gasteiger partial charge in [-0.3, -0.25) is 4.99 Å². The summed E-state index contributed by atoms with van der Waals surface area (Å²) in [6, 6.07) is 21.5. The van der Waals surface area contributed by atoms with Crippen LogP contribution in [0.4, 0.5) is 5.69 Å². The Labute approximate surface area is 219 Å². The molecule has 1 fully saturated rings. The van der Waals surface area contributed by atoms with Crippen molar-refractivity contribution in [1.82, 2.24) is 15.3 Å². The quantitative estimate of drug-likeness (QED) is 0.306. The maximum absolute atomic E-state index is 4.98. The number of H-pyrrole nitrogens is 1. The van der Waals surface area contributed by atoms with Crippen molar-refractivity contribution in [1.29, 1.82) is 0 Å². The molecule has 4 heterocycles. The molecule has 3 aliphatic heterocycles. The third kappa shape index (κ3) is 3.61. The molecule has 2 N–H and O–H groups in total. The smallest absolute Gasteiger partial charge is 0.103 e. The number of aromatic nitrogens is 2. The molecule has 7 rings (SSSR count). The number of rotatable bonds is 4. The maximum atomic E-state index is 4.98. The second-order valence-electron chi connectivity index (χ2n) is 11.3. The van der Waals surface area contributed by atoms with E-state index in [-0.39, 0.29) is 0 Å². The van der Waals surface area contributed by atoms with E-state index in [0.29, 0.717) is 23.9 Å². The standard InChI is InChI=1S/C33H34N4/c1-5-21-15-29-31-26(22-6-8-23(9-7-22)30-17-34-20(4)36-30)12-13-27(32(31)33(21)37-29)24-10-11-25-14-18(2)19(3)35-28(25)16-24/h6-13,16-18,21,29,33,37H,5,14-15H2,1-4H3,(H,34,36). The van der Waals surface area contributed by atoms with Gasteiger partial charge < -0.3 is 10.3 Å². The number of aryl methyl sites for hydroxylation is 1. The van der Waals surface area contributed by atoms with Gasteiger partial charge in [-0.05, 0) is 89.1 Å². The highest BCUT2D eigenvalue weighted by Crippen LogP contribution is 2.55. The molecule has 0 saturated carbocycles. The third-order valence-corrected chi connectivity index (χ3v) is 9.00. The van der Waals surface area contributed by atoms with Gasteiger partial charge in [0.15, 0.2) is 0 Å².